The van der Waals surface area contributed by atoms with Gasteiger partial charge in [-0.25, -0.2) is 9.97 Å². The van der Waals surface area contributed by atoms with Gasteiger partial charge in [-0.15, -0.1) is 22.7 Å². The molecule has 6 aromatic carbocycles. The molecule has 59 heavy (non-hydrogen) atoms. The molecule has 5 heterocycles. The Morgan fingerprint density at radius 2 is 0.983 bits per heavy atom. The molecule has 0 spiro atoms. The van der Waals surface area contributed by atoms with Gasteiger partial charge in [0.1, 0.15) is 5.15 Å². The number of nitrogen functional groups attached to an aromatic ring is 2. The van der Waals surface area contributed by atoms with Gasteiger partial charge in [-0.05, 0) is 99.9 Å². The normalized spacial score (nSPS) is 14.3. The lowest BCUT2D eigenvalue weighted by atomic mass is 9.76. The van der Waals surface area contributed by atoms with Gasteiger partial charge in [-0.2, -0.15) is 0 Å². The van der Waals surface area contributed by atoms with Crippen molar-refractivity contribution in [3.05, 3.63) is 151 Å². The number of benzene rings is 6. The van der Waals surface area contributed by atoms with Crippen LogP contribution in [0.4, 0.5) is 11.4 Å². The minimum absolute atomic E-state index is 0. The van der Waals surface area contributed by atoms with E-state index in [1.807, 2.05) is 66.7 Å². The molecule has 1 aliphatic heterocycles. The van der Waals surface area contributed by atoms with E-state index < -0.39 is 0 Å². The average Bonchev–Trinajstić information content (AvgIpc) is 3.87. The van der Waals surface area contributed by atoms with Crippen molar-refractivity contribution in [3.63, 3.8) is 0 Å². The summed E-state index contributed by atoms with van der Waals surface area (Å²) in [5.41, 5.74) is 18.6. The molecule has 1 aliphatic rings. The van der Waals surface area contributed by atoms with E-state index in [-0.39, 0.29) is 23.0 Å². The Morgan fingerprint density at radius 3 is 1.59 bits per heavy atom. The van der Waals surface area contributed by atoms with E-state index in [1.165, 1.54) is 24.2 Å². The summed E-state index contributed by atoms with van der Waals surface area (Å²) in [6, 6.07) is 49.0. The molecule has 294 valence electrons. The monoisotopic (exact) mass is 833 g/mol. The van der Waals surface area contributed by atoms with Crippen LogP contribution in [0.3, 0.4) is 0 Å². The summed E-state index contributed by atoms with van der Waals surface area (Å²) in [6.45, 7) is 8.31. The highest BCUT2D eigenvalue weighted by atomic mass is 35.5. The molecule has 0 radical (unpaired) electrons. The van der Waals surface area contributed by atoms with Crippen molar-refractivity contribution >= 4 is 120 Å². The number of thiophene rings is 2. The number of halogens is 2. The third-order valence-corrected chi connectivity index (χ3v) is 13.5. The van der Waals surface area contributed by atoms with Gasteiger partial charge >= 0.3 is 7.12 Å². The smallest absolute Gasteiger partial charge is 0.495 e. The number of nitrogens with two attached hydrogens (primary N) is 2. The Hall–Kier alpha value is -5.62. The Labute approximate surface area is 354 Å². The van der Waals surface area contributed by atoms with Crippen LogP contribution in [0.25, 0.3) is 73.4 Å². The zero-order valence-electron chi connectivity index (χ0n) is 32.9. The Morgan fingerprint density at radius 1 is 0.508 bits per heavy atom. The van der Waals surface area contributed by atoms with Gasteiger partial charge < -0.3 is 25.5 Å². The summed E-state index contributed by atoms with van der Waals surface area (Å²) in [6.07, 6.45) is 0. The first kappa shape index (κ1) is 40.2. The number of anilines is 2. The van der Waals surface area contributed by atoms with Gasteiger partial charge in [0.15, 0.2) is 0 Å². The predicted octanol–water partition coefficient (Wildman–Crippen LogP) is 9.68. The zero-order chi connectivity index (χ0) is 40.2. The summed E-state index contributed by atoms with van der Waals surface area (Å²) in [7, 11) is -0.374. The van der Waals surface area contributed by atoms with Crippen LogP contribution in [0.15, 0.2) is 146 Å². The summed E-state index contributed by atoms with van der Waals surface area (Å²) < 4.78 is 17.4. The van der Waals surface area contributed by atoms with Crippen LogP contribution >= 0.6 is 34.3 Å². The molecule has 6 nitrogen and oxygen atoms in total. The van der Waals surface area contributed by atoms with E-state index in [2.05, 4.69) is 105 Å². The molecule has 0 atom stereocenters. The van der Waals surface area contributed by atoms with Crippen LogP contribution < -0.4 is 21.6 Å². The fourth-order valence-corrected chi connectivity index (χ4v) is 9.94. The van der Waals surface area contributed by atoms with Crippen molar-refractivity contribution in [2.24, 2.45) is 0 Å². The maximum absolute atomic E-state index is 6.29. The molecule has 0 unspecified atom stereocenters. The third kappa shape index (κ3) is 7.47. The van der Waals surface area contributed by atoms with Crippen LogP contribution in [0.2, 0.25) is 5.15 Å². The van der Waals surface area contributed by atoms with E-state index in [1.54, 1.807) is 28.7 Å². The third-order valence-electron chi connectivity index (χ3n) is 11.1. The predicted molar refractivity (Wildman–Crippen MR) is 251 cm³/mol. The van der Waals surface area contributed by atoms with E-state index in [4.69, 9.17) is 37.4 Å². The first-order chi connectivity index (χ1) is 28.0. The molecule has 11 rings (SSSR count). The lowest BCUT2D eigenvalue weighted by Gasteiger charge is -2.32. The second-order valence-corrected chi connectivity index (χ2v) is 17.9. The molecule has 0 bridgehead atoms. The van der Waals surface area contributed by atoms with Crippen LogP contribution in [-0.4, -0.2) is 28.3 Å². The second-order valence-electron chi connectivity index (χ2n) is 15.3. The van der Waals surface area contributed by atoms with E-state index in [0.29, 0.717) is 5.15 Å². The van der Waals surface area contributed by atoms with Crippen LogP contribution in [0.1, 0.15) is 27.7 Å². The van der Waals surface area contributed by atoms with E-state index in [9.17, 15) is 0 Å². The van der Waals surface area contributed by atoms with Crippen LogP contribution in [0.5, 0.6) is 0 Å². The molecule has 4 aromatic heterocycles. The summed E-state index contributed by atoms with van der Waals surface area (Å²) in [4.78, 5) is 9.02. The topological polar surface area (TPSA) is 96.3 Å². The molecule has 0 saturated carbocycles. The molecule has 10 aromatic rings. The molecule has 11 heteroatoms. The fourth-order valence-electron chi connectivity index (χ4n) is 7.45. The number of pyridine rings is 2. The second kappa shape index (κ2) is 15.9. The first-order valence-corrected chi connectivity index (χ1v) is 21.1. The standard InChI is InChI=1S/C21H14N2S.C18H20BNO2S.C9H6ClN.FH/c22-15-7-4-10-19-21(15)20-14(6-3-9-18(20)24-19)17-12-11-13-5-1-2-8-16(13)23-17;1-17(2)18(3,4)22-19(21-17)11-7-5-9-13-15(11)16-12(20)8-6-10-14(16)23-13;10-9-6-5-7-3-1-2-4-8(7)11-9;/h1-12H,22H2;5-10H,20H2,1-4H3;1-6H;1H/p-1. The van der Waals surface area contributed by atoms with Gasteiger partial charge in [0.05, 0.1) is 27.9 Å². The van der Waals surface area contributed by atoms with E-state index in [0.717, 1.165) is 66.1 Å². The molecular weight excluding hydrogens is 794 g/mol. The highest BCUT2D eigenvalue weighted by molar-refractivity contribution is 7.26. The summed E-state index contributed by atoms with van der Waals surface area (Å²) in [5.74, 6) is 0. The molecular formula is C48H40BClFN4O2S2-. The number of para-hydroxylation sites is 2. The largest absolute Gasteiger partial charge is 1.00 e. The lowest BCUT2D eigenvalue weighted by molar-refractivity contribution is -0.0000140. The number of hydrogen-bond donors (Lipinski definition) is 2. The van der Waals surface area contributed by atoms with Gasteiger partial charge in [0.25, 0.3) is 0 Å². The average molecular weight is 834 g/mol. The minimum Gasteiger partial charge on any atom is -1.00 e. The number of aromatic nitrogens is 2. The Balaban J connectivity index is 0.000000130. The maximum Gasteiger partial charge on any atom is 0.495 e. The van der Waals surface area contributed by atoms with Crippen LogP contribution in [0, 0.1) is 0 Å². The number of rotatable bonds is 2. The van der Waals surface area contributed by atoms with Crippen molar-refractivity contribution in [1.82, 2.24) is 9.97 Å². The molecule has 1 fully saturated rings. The van der Waals surface area contributed by atoms with Crippen molar-refractivity contribution in [2.75, 3.05) is 11.5 Å². The van der Waals surface area contributed by atoms with Crippen LogP contribution in [-0.2, 0) is 9.31 Å². The van der Waals surface area contributed by atoms with Crippen molar-refractivity contribution in [2.45, 2.75) is 38.9 Å². The number of hydrogen-bond acceptors (Lipinski definition) is 8. The lowest BCUT2D eigenvalue weighted by Crippen LogP contribution is -3.00. The van der Waals surface area contributed by atoms with Crippen molar-refractivity contribution in [1.29, 1.82) is 0 Å². The highest BCUT2D eigenvalue weighted by Crippen LogP contribution is 2.43. The molecule has 0 amide bonds. The highest BCUT2D eigenvalue weighted by Gasteiger charge is 2.52. The van der Waals surface area contributed by atoms with Crippen molar-refractivity contribution in [3.8, 4) is 11.3 Å². The Bertz CT molecular complexity index is 3150. The molecule has 4 N–H and O–H groups in total. The SMILES string of the molecule is CC1(C)OB(c2cccc3sc4cccc(N)c4c23)OC1(C)C.Clc1ccc2ccccc2n1.Nc1cccc2sc3cccc(-c4ccc5ccccc5n4)c3c12.[F-]. The zero-order valence-corrected chi connectivity index (χ0v) is 35.3. The van der Waals surface area contributed by atoms with Gasteiger partial charge in [0, 0.05) is 68.1 Å². The van der Waals surface area contributed by atoms with E-state index >= 15 is 0 Å². The maximum atomic E-state index is 6.29. The summed E-state index contributed by atoms with van der Waals surface area (Å²) >= 11 is 9.25. The first-order valence-electron chi connectivity index (χ1n) is 19.1. The quantitative estimate of drug-likeness (QED) is 0.102. The molecule has 0 aliphatic carbocycles. The molecule has 1 saturated heterocycles. The van der Waals surface area contributed by atoms with Gasteiger partial charge in [0.2, 0.25) is 0 Å². The van der Waals surface area contributed by atoms with Gasteiger partial charge in [-0.3, -0.25) is 0 Å². The number of nitrogens with zero attached hydrogens (tertiary/aromatic N) is 2. The van der Waals surface area contributed by atoms with Gasteiger partial charge in [-0.1, -0.05) is 90.5 Å². The minimum atomic E-state index is -0.374. The fraction of sp³-hybridized carbons (Fsp3) is 0.125. The van der Waals surface area contributed by atoms with Crippen molar-refractivity contribution < 1.29 is 14.0 Å². The summed E-state index contributed by atoms with van der Waals surface area (Å²) in [5, 5.41) is 7.44. The number of fused-ring (bicyclic) bond motifs is 8. The Kier molecular flexibility index (Phi) is 10.8.